The Hall–Kier alpha value is -2.26. The van der Waals surface area contributed by atoms with Gasteiger partial charge in [-0.05, 0) is 56.4 Å². The van der Waals surface area contributed by atoms with E-state index in [-0.39, 0.29) is 29.6 Å². The summed E-state index contributed by atoms with van der Waals surface area (Å²) in [4.78, 5) is 42.0. The minimum Gasteiger partial charge on any atom is -0.497 e. The van der Waals surface area contributed by atoms with E-state index in [0.717, 1.165) is 19.3 Å². The number of unbranched alkanes of at least 4 members (excludes halogenated alkanes) is 1. The van der Waals surface area contributed by atoms with Gasteiger partial charge >= 0.3 is 0 Å². The van der Waals surface area contributed by atoms with E-state index in [9.17, 15) is 19.5 Å². The summed E-state index contributed by atoms with van der Waals surface area (Å²) in [6, 6.07) is 6.46. The molecular weight excluding hydrogens is 442 g/mol. The van der Waals surface area contributed by atoms with Crippen LogP contribution in [0.2, 0.25) is 0 Å². The number of ether oxygens (including phenoxy) is 1. The van der Waals surface area contributed by atoms with Crippen molar-refractivity contribution in [2.45, 2.75) is 55.1 Å². The molecule has 3 fully saturated rings. The Morgan fingerprint density at radius 3 is 2.67 bits per heavy atom. The van der Waals surface area contributed by atoms with Crippen molar-refractivity contribution in [1.82, 2.24) is 10.2 Å². The van der Waals surface area contributed by atoms with E-state index in [4.69, 9.17) is 4.74 Å². The lowest BCUT2D eigenvalue weighted by atomic mass is 9.70. The second-order valence-corrected chi connectivity index (χ2v) is 10.6. The van der Waals surface area contributed by atoms with E-state index in [1.807, 2.05) is 6.92 Å². The molecule has 1 spiro atoms. The van der Waals surface area contributed by atoms with E-state index in [2.05, 4.69) is 10.6 Å². The first-order chi connectivity index (χ1) is 16.0. The van der Waals surface area contributed by atoms with E-state index in [0.29, 0.717) is 37.4 Å². The van der Waals surface area contributed by atoms with Crippen LogP contribution in [0.25, 0.3) is 0 Å². The lowest BCUT2D eigenvalue weighted by Gasteiger charge is -2.34. The van der Waals surface area contributed by atoms with Gasteiger partial charge in [-0.25, -0.2) is 0 Å². The summed E-state index contributed by atoms with van der Waals surface area (Å²) in [5, 5.41) is 15.3. The highest BCUT2D eigenvalue weighted by Gasteiger charge is 2.73. The van der Waals surface area contributed by atoms with E-state index < -0.39 is 22.6 Å². The minimum atomic E-state index is -0.644. The number of aliphatic hydroxyl groups is 1. The van der Waals surface area contributed by atoms with Gasteiger partial charge in [-0.2, -0.15) is 0 Å². The van der Waals surface area contributed by atoms with Crippen LogP contribution in [0, 0.1) is 11.8 Å². The van der Waals surface area contributed by atoms with Gasteiger partial charge in [0.15, 0.2) is 0 Å². The summed E-state index contributed by atoms with van der Waals surface area (Å²) in [7, 11) is 1.59. The van der Waals surface area contributed by atoms with Crippen LogP contribution in [-0.4, -0.2) is 70.6 Å². The Balaban J connectivity index is 1.62. The van der Waals surface area contributed by atoms with Gasteiger partial charge in [-0.15, -0.1) is 11.8 Å². The van der Waals surface area contributed by atoms with Gasteiger partial charge in [-0.1, -0.05) is 6.92 Å². The molecule has 8 nitrogen and oxygen atoms in total. The number of aliphatic hydroxyl groups excluding tert-OH is 1. The average Bonchev–Trinajstić information content (AvgIpc) is 3.45. The molecule has 3 saturated heterocycles. The van der Waals surface area contributed by atoms with Crippen LogP contribution >= 0.6 is 11.8 Å². The number of benzene rings is 1. The van der Waals surface area contributed by atoms with Gasteiger partial charge in [0, 0.05) is 30.6 Å². The number of anilines is 1. The Labute approximate surface area is 198 Å². The monoisotopic (exact) mass is 475 g/mol. The van der Waals surface area contributed by atoms with Gasteiger partial charge in [0.05, 0.1) is 23.7 Å². The maximum atomic E-state index is 13.7. The zero-order valence-electron chi connectivity index (χ0n) is 19.2. The molecule has 3 heterocycles. The molecular formula is C24H33N3O5S. The van der Waals surface area contributed by atoms with Gasteiger partial charge in [0.1, 0.15) is 11.8 Å². The van der Waals surface area contributed by atoms with Crippen molar-refractivity contribution in [2.75, 3.05) is 32.1 Å². The first-order valence-electron chi connectivity index (χ1n) is 11.8. The summed E-state index contributed by atoms with van der Waals surface area (Å²) in [6.07, 6.45) is 3.58. The highest BCUT2D eigenvalue weighted by Crippen LogP contribution is 2.66. The molecule has 2 bridgehead atoms. The topological polar surface area (TPSA) is 108 Å². The molecule has 3 aliphatic rings. The number of likely N-dealkylation sites (tertiary alicyclic amines) is 1. The molecule has 3 aliphatic heterocycles. The predicted octanol–water partition coefficient (Wildman–Crippen LogP) is 2.02. The van der Waals surface area contributed by atoms with Gasteiger partial charge < -0.3 is 25.4 Å². The second kappa shape index (κ2) is 9.93. The number of methoxy groups -OCH3 is 1. The van der Waals surface area contributed by atoms with E-state index >= 15 is 0 Å². The van der Waals surface area contributed by atoms with Crippen LogP contribution in [-0.2, 0) is 14.4 Å². The van der Waals surface area contributed by atoms with Crippen molar-refractivity contribution in [1.29, 1.82) is 0 Å². The van der Waals surface area contributed by atoms with Gasteiger partial charge in [0.25, 0.3) is 0 Å². The number of amides is 3. The molecule has 2 unspecified atom stereocenters. The number of hydrogen-bond donors (Lipinski definition) is 3. The maximum absolute atomic E-state index is 13.7. The molecule has 5 atom stereocenters. The fourth-order valence-corrected chi connectivity index (χ4v) is 7.86. The number of rotatable bonds is 10. The van der Waals surface area contributed by atoms with Crippen molar-refractivity contribution in [3.8, 4) is 5.75 Å². The summed E-state index contributed by atoms with van der Waals surface area (Å²) in [6.45, 7) is 3.02. The summed E-state index contributed by atoms with van der Waals surface area (Å²) >= 11 is 1.67. The SMILES string of the molecule is CCCNC(=O)[C@@H]1[C@H]2C(=O)N(CCCCO)C(C(=O)Nc3ccc(OC)cc3)C23CC[C@H]1S3. The number of carbonyl (C=O) groups excluding carboxylic acids is 3. The Bertz CT molecular complexity index is 895. The summed E-state index contributed by atoms with van der Waals surface area (Å²) in [5.74, 6) is -0.585. The number of thioether (sulfide) groups is 1. The smallest absolute Gasteiger partial charge is 0.248 e. The first kappa shape index (κ1) is 23.9. The zero-order chi connectivity index (χ0) is 23.6. The maximum Gasteiger partial charge on any atom is 0.248 e. The molecule has 0 saturated carbocycles. The van der Waals surface area contributed by atoms with E-state index in [1.54, 1.807) is 48.0 Å². The summed E-state index contributed by atoms with van der Waals surface area (Å²) < 4.78 is 4.60. The van der Waals surface area contributed by atoms with Crippen LogP contribution in [0.15, 0.2) is 24.3 Å². The molecule has 0 radical (unpaired) electrons. The lowest BCUT2D eigenvalue weighted by molar-refractivity contribution is -0.139. The molecule has 0 aromatic heterocycles. The fraction of sp³-hybridized carbons (Fsp3) is 0.625. The normalized spacial score (nSPS) is 29.8. The largest absolute Gasteiger partial charge is 0.497 e. The standard InChI is InChI=1S/C24H33N3O5S/c1-3-12-25-21(29)18-17-10-11-24(33-17)19(18)23(31)27(13-4-5-14-28)20(24)22(30)26-15-6-8-16(32-2)9-7-15/h6-9,17-20,28H,3-5,10-14H2,1-2H3,(H,25,29)(H,26,30)/t17-,18+,19+,20?,24?/m1/s1. The molecule has 9 heteroatoms. The van der Waals surface area contributed by atoms with E-state index in [1.165, 1.54) is 0 Å². The van der Waals surface area contributed by atoms with Gasteiger partial charge in [-0.3, -0.25) is 14.4 Å². The summed E-state index contributed by atoms with van der Waals surface area (Å²) in [5.41, 5.74) is 0.637. The Morgan fingerprint density at radius 2 is 2.00 bits per heavy atom. The average molecular weight is 476 g/mol. The van der Waals surface area contributed by atoms with Crippen LogP contribution in [0.5, 0.6) is 5.75 Å². The molecule has 1 aromatic carbocycles. The third-order valence-corrected chi connectivity index (χ3v) is 9.02. The predicted molar refractivity (Wildman–Crippen MR) is 127 cm³/mol. The van der Waals surface area contributed by atoms with Crippen molar-refractivity contribution in [3.63, 3.8) is 0 Å². The molecule has 1 aromatic rings. The Kier molecular flexibility index (Phi) is 7.19. The molecule has 3 N–H and O–H groups in total. The molecule has 4 rings (SSSR count). The lowest BCUT2D eigenvalue weighted by Crippen LogP contribution is -2.51. The van der Waals surface area contributed by atoms with Crippen LogP contribution in [0.1, 0.15) is 39.0 Å². The van der Waals surface area contributed by atoms with Crippen LogP contribution in [0.4, 0.5) is 5.69 Å². The van der Waals surface area contributed by atoms with Crippen molar-refractivity contribution in [2.24, 2.45) is 11.8 Å². The highest BCUT2D eigenvalue weighted by atomic mass is 32.2. The van der Waals surface area contributed by atoms with Gasteiger partial charge in [0.2, 0.25) is 17.7 Å². The number of nitrogens with zero attached hydrogens (tertiary/aromatic N) is 1. The highest BCUT2D eigenvalue weighted by molar-refractivity contribution is 8.02. The number of hydrogen-bond acceptors (Lipinski definition) is 6. The number of fused-ring (bicyclic) bond motifs is 1. The fourth-order valence-electron chi connectivity index (χ4n) is 5.64. The first-order valence-corrected chi connectivity index (χ1v) is 12.7. The number of nitrogens with one attached hydrogen (secondary N) is 2. The number of carbonyl (C=O) groups is 3. The minimum absolute atomic E-state index is 0.0399. The third-order valence-electron chi connectivity index (χ3n) is 7.07. The molecule has 180 valence electrons. The quantitative estimate of drug-likeness (QED) is 0.447. The van der Waals surface area contributed by atoms with Crippen LogP contribution < -0.4 is 15.4 Å². The zero-order valence-corrected chi connectivity index (χ0v) is 20.0. The van der Waals surface area contributed by atoms with Crippen molar-refractivity contribution < 1.29 is 24.2 Å². The van der Waals surface area contributed by atoms with Crippen molar-refractivity contribution >= 4 is 35.2 Å². The molecule has 3 amide bonds. The Morgan fingerprint density at radius 1 is 1.24 bits per heavy atom. The third kappa shape index (κ3) is 4.21. The van der Waals surface area contributed by atoms with Crippen LogP contribution in [0.3, 0.4) is 0 Å². The molecule has 0 aliphatic carbocycles. The molecule has 33 heavy (non-hydrogen) atoms. The van der Waals surface area contributed by atoms with Crippen molar-refractivity contribution in [3.05, 3.63) is 24.3 Å². The second-order valence-electron chi connectivity index (χ2n) is 9.03.